The molecule has 12 heteroatoms. The Bertz CT molecular complexity index is 1850. The predicted molar refractivity (Wildman–Crippen MR) is 160 cm³/mol. The summed E-state index contributed by atoms with van der Waals surface area (Å²) in [5.74, 6) is 1.06. The number of hydrogen-bond acceptors (Lipinski definition) is 7. The van der Waals surface area contributed by atoms with Crippen LogP contribution in [0.5, 0.6) is 0 Å². The van der Waals surface area contributed by atoms with E-state index in [1.807, 2.05) is 61.7 Å². The highest BCUT2D eigenvalue weighted by atomic mass is 16.4. The van der Waals surface area contributed by atoms with E-state index < -0.39 is 6.09 Å². The van der Waals surface area contributed by atoms with Crippen LogP contribution < -0.4 is 9.80 Å². The van der Waals surface area contributed by atoms with E-state index in [1.165, 1.54) is 4.90 Å². The maximum atomic E-state index is 12.8. The Morgan fingerprint density at radius 2 is 1.74 bits per heavy atom. The monoisotopic (exact) mass is 567 g/mol. The van der Waals surface area contributed by atoms with Gasteiger partial charge in [0, 0.05) is 69.1 Å². The average Bonchev–Trinajstić information content (AvgIpc) is 3.45. The lowest BCUT2D eigenvalue weighted by Crippen LogP contribution is -2.48. The van der Waals surface area contributed by atoms with Gasteiger partial charge in [0.15, 0.2) is 5.65 Å². The molecule has 0 unspecified atom stereocenters. The fraction of sp³-hybridized carbons (Fsp3) is 0.333. The van der Waals surface area contributed by atoms with Crippen LogP contribution >= 0.6 is 0 Å². The van der Waals surface area contributed by atoms with Crippen LogP contribution in [-0.2, 0) is 18.4 Å². The van der Waals surface area contributed by atoms with Gasteiger partial charge in [0.05, 0.1) is 23.4 Å². The summed E-state index contributed by atoms with van der Waals surface area (Å²) in [6, 6.07) is 11.6. The van der Waals surface area contributed by atoms with Crippen molar-refractivity contribution >= 4 is 40.2 Å². The van der Waals surface area contributed by atoms with Gasteiger partial charge in [0.25, 0.3) is 0 Å². The summed E-state index contributed by atoms with van der Waals surface area (Å²) in [6.07, 6.45) is 0.575. The minimum Gasteiger partial charge on any atom is -0.465 e. The van der Waals surface area contributed by atoms with E-state index in [0.29, 0.717) is 43.5 Å². The first-order valence-electron chi connectivity index (χ1n) is 13.9. The molecular weight excluding hydrogens is 534 g/mol. The number of piperazine rings is 1. The number of rotatable bonds is 5. The Hall–Kier alpha value is -5.00. The highest BCUT2D eigenvalue weighted by Gasteiger charge is 2.27. The van der Waals surface area contributed by atoms with Crippen LogP contribution in [0.4, 0.5) is 16.4 Å². The molecule has 1 aliphatic rings. The number of carbonyl (C=O) groups is 2. The average molecular weight is 568 g/mol. The summed E-state index contributed by atoms with van der Waals surface area (Å²) in [5, 5.41) is 20.9. The molecule has 2 amide bonds. The first-order valence-corrected chi connectivity index (χ1v) is 13.9. The molecule has 0 bridgehead atoms. The van der Waals surface area contributed by atoms with E-state index in [-0.39, 0.29) is 12.5 Å². The molecular formula is C30H33N9O3. The molecule has 42 heavy (non-hydrogen) atoms. The Morgan fingerprint density at radius 3 is 2.43 bits per heavy atom. The predicted octanol–water partition coefficient (Wildman–Crippen LogP) is 3.96. The van der Waals surface area contributed by atoms with Crippen molar-refractivity contribution in [3.8, 4) is 11.1 Å². The lowest BCUT2D eigenvalue weighted by atomic mass is 10.0. The number of pyridine rings is 1. The summed E-state index contributed by atoms with van der Waals surface area (Å²) >= 11 is 0. The van der Waals surface area contributed by atoms with Gasteiger partial charge in [0.2, 0.25) is 5.91 Å². The zero-order chi connectivity index (χ0) is 29.7. The first-order chi connectivity index (χ1) is 20.1. The van der Waals surface area contributed by atoms with Gasteiger partial charge in [0.1, 0.15) is 11.6 Å². The van der Waals surface area contributed by atoms with Gasteiger partial charge < -0.3 is 14.9 Å². The normalized spacial score (nSPS) is 13.7. The fourth-order valence-corrected chi connectivity index (χ4v) is 5.77. The molecule has 5 heterocycles. The molecule has 1 fully saturated rings. The van der Waals surface area contributed by atoms with Crippen LogP contribution in [0.25, 0.3) is 27.7 Å². The molecule has 1 aromatic carbocycles. The largest absolute Gasteiger partial charge is 0.465 e. The van der Waals surface area contributed by atoms with E-state index in [0.717, 1.165) is 44.7 Å². The second kappa shape index (κ2) is 10.4. The Kier molecular flexibility index (Phi) is 6.76. The number of hydrogen-bond donors (Lipinski definition) is 1. The third kappa shape index (κ3) is 4.78. The molecule has 0 aliphatic carbocycles. The molecule has 216 valence electrons. The van der Waals surface area contributed by atoms with E-state index in [9.17, 15) is 14.7 Å². The lowest BCUT2D eigenvalue weighted by molar-refractivity contribution is -0.129. The van der Waals surface area contributed by atoms with E-state index in [1.54, 1.807) is 23.7 Å². The molecule has 1 saturated heterocycles. The molecule has 0 atom stereocenters. The quantitative estimate of drug-likeness (QED) is 0.338. The maximum absolute atomic E-state index is 12.8. The number of amides is 2. The van der Waals surface area contributed by atoms with Crippen LogP contribution in [0, 0.1) is 20.8 Å². The van der Waals surface area contributed by atoms with Crippen molar-refractivity contribution in [1.29, 1.82) is 0 Å². The van der Waals surface area contributed by atoms with Gasteiger partial charge in [-0.3, -0.25) is 19.4 Å². The first kappa shape index (κ1) is 27.2. The van der Waals surface area contributed by atoms with Gasteiger partial charge in [-0.1, -0.05) is 6.07 Å². The minimum absolute atomic E-state index is 0.0400. The molecule has 6 rings (SSSR count). The molecule has 0 radical (unpaired) electrons. The molecule has 0 spiro atoms. The number of anilines is 2. The van der Waals surface area contributed by atoms with Crippen LogP contribution in [0.2, 0.25) is 0 Å². The Morgan fingerprint density at radius 1 is 0.976 bits per heavy atom. The summed E-state index contributed by atoms with van der Waals surface area (Å²) in [6.45, 7) is 9.77. The standard InChI is InChI=1S/C30H33N9O3/c1-18-14-22(8-9-31-18)17-38(30(41)42)27-16-26(37-12-10-36(11-13-37)21(4)40)32-29-28(20(3)34-39(27)29)23-6-7-25-24(15-23)19(2)33-35(25)5/h6-9,14-16H,10-13,17H2,1-5H3,(H,41,42). The topological polar surface area (TPSA) is 125 Å². The zero-order valence-electron chi connectivity index (χ0n) is 24.4. The van der Waals surface area contributed by atoms with Gasteiger partial charge in [-0.15, -0.1) is 0 Å². The number of aromatic nitrogens is 6. The van der Waals surface area contributed by atoms with Crippen molar-refractivity contribution in [3.63, 3.8) is 0 Å². The fourth-order valence-electron chi connectivity index (χ4n) is 5.77. The lowest BCUT2D eigenvalue weighted by Gasteiger charge is -2.35. The Balaban J connectivity index is 1.53. The summed E-state index contributed by atoms with van der Waals surface area (Å²) < 4.78 is 3.49. The number of carboxylic acid groups (broad SMARTS) is 1. The third-order valence-electron chi connectivity index (χ3n) is 7.91. The van der Waals surface area contributed by atoms with Gasteiger partial charge in [-0.25, -0.2) is 9.78 Å². The van der Waals surface area contributed by atoms with Crippen LogP contribution in [0.3, 0.4) is 0 Å². The van der Waals surface area contributed by atoms with Crippen LogP contribution in [-0.4, -0.2) is 77.5 Å². The molecule has 1 N–H and O–H groups in total. The number of benzene rings is 1. The van der Waals surface area contributed by atoms with Crippen LogP contribution in [0.1, 0.15) is 29.6 Å². The smallest absolute Gasteiger partial charge is 0.413 e. The summed E-state index contributed by atoms with van der Waals surface area (Å²) in [4.78, 5) is 39.2. The zero-order valence-corrected chi connectivity index (χ0v) is 24.4. The highest BCUT2D eigenvalue weighted by molar-refractivity contribution is 5.92. The maximum Gasteiger partial charge on any atom is 0.413 e. The van der Waals surface area contributed by atoms with Crippen molar-refractivity contribution in [3.05, 3.63) is 65.2 Å². The third-order valence-corrected chi connectivity index (χ3v) is 7.91. The summed E-state index contributed by atoms with van der Waals surface area (Å²) in [5.41, 5.74) is 6.61. The number of fused-ring (bicyclic) bond motifs is 2. The molecule has 12 nitrogen and oxygen atoms in total. The van der Waals surface area contributed by atoms with Crippen molar-refractivity contribution in [2.75, 3.05) is 36.0 Å². The van der Waals surface area contributed by atoms with Crippen molar-refractivity contribution < 1.29 is 14.7 Å². The van der Waals surface area contributed by atoms with Crippen LogP contribution in [0.15, 0.2) is 42.6 Å². The van der Waals surface area contributed by atoms with E-state index in [4.69, 9.17) is 10.1 Å². The van der Waals surface area contributed by atoms with Crippen molar-refractivity contribution in [1.82, 2.24) is 34.3 Å². The van der Waals surface area contributed by atoms with Gasteiger partial charge in [-0.05, 0) is 56.2 Å². The second-order valence-electron chi connectivity index (χ2n) is 10.8. The number of carbonyl (C=O) groups excluding carboxylic acids is 1. The van der Waals surface area contributed by atoms with Crippen molar-refractivity contribution in [2.45, 2.75) is 34.2 Å². The number of nitrogens with zero attached hydrogens (tertiary/aromatic N) is 9. The molecule has 0 saturated carbocycles. The Labute approximate surface area is 242 Å². The SMILES string of the molecule is CC(=O)N1CCN(c2cc(N(Cc3ccnc(C)c3)C(=O)O)n3nc(C)c(-c4ccc5c(c4)c(C)nn5C)c3n2)CC1. The molecule has 4 aromatic heterocycles. The van der Waals surface area contributed by atoms with Crippen molar-refractivity contribution in [2.24, 2.45) is 7.05 Å². The highest BCUT2D eigenvalue weighted by Crippen LogP contribution is 2.35. The molecule has 1 aliphatic heterocycles. The molecule has 5 aromatic rings. The minimum atomic E-state index is -1.11. The van der Waals surface area contributed by atoms with Gasteiger partial charge in [-0.2, -0.15) is 14.7 Å². The second-order valence-corrected chi connectivity index (χ2v) is 10.8. The van der Waals surface area contributed by atoms with E-state index in [2.05, 4.69) is 21.0 Å². The number of aryl methyl sites for hydroxylation is 4. The van der Waals surface area contributed by atoms with Gasteiger partial charge >= 0.3 is 6.09 Å². The summed E-state index contributed by atoms with van der Waals surface area (Å²) in [7, 11) is 1.92. The van der Waals surface area contributed by atoms with E-state index >= 15 is 0 Å².